The predicted molar refractivity (Wildman–Crippen MR) is 171 cm³/mol. The normalized spacial score (nSPS) is 15.0. The van der Waals surface area contributed by atoms with Crippen LogP contribution in [0.2, 0.25) is 0 Å². The molecular formula is C33H31NO6S3. The second-order valence-electron chi connectivity index (χ2n) is 10.1. The van der Waals surface area contributed by atoms with E-state index in [1.807, 2.05) is 72.8 Å². The van der Waals surface area contributed by atoms with Gasteiger partial charge in [-0.05, 0) is 57.6 Å². The van der Waals surface area contributed by atoms with E-state index in [9.17, 15) is 23.1 Å². The van der Waals surface area contributed by atoms with Crippen LogP contribution in [0, 0.1) is 0 Å². The van der Waals surface area contributed by atoms with Crippen molar-refractivity contribution < 1.29 is 27.9 Å². The fourth-order valence-electron chi connectivity index (χ4n) is 5.20. The van der Waals surface area contributed by atoms with Crippen LogP contribution in [0.3, 0.4) is 0 Å². The molecule has 1 aliphatic rings. The SMILES string of the molecule is CS(=O)c1ccc(C(SC[C@@H](NC(=O)OCC2c3ccccc3-c3ccccc32)C(=O)O)c2ccc(S(C)=O)cc2)cc1. The number of rotatable bonds is 11. The van der Waals surface area contributed by atoms with Crippen molar-refractivity contribution in [2.45, 2.75) is 27.0 Å². The van der Waals surface area contributed by atoms with E-state index in [4.69, 9.17) is 4.74 Å². The zero-order chi connectivity index (χ0) is 30.5. The standard InChI is InChI=1S/C33H31NO6S3/c1-42(38)23-15-11-21(12-16-23)31(22-13-17-24(18-14-22)43(2)39)41-20-30(32(35)36)34-33(37)40-19-29-27-9-5-3-7-25(27)26-8-4-6-10-28(26)29/h3-18,29-31H,19-20H2,1-2H3,(H,34,37)(H,35,36)/t30-,31?,42?,43?/m1/s1. The number of fused-ring (bicyclic) bond motifs is 3. The molecule has 0 saturated heterocycles. The summed E-state index contributed by atoms with van der Waals surface area (Å²) in [7, 11) is -2.27. The van der Waals surface area contributed by atoms with Crippen molar-refractivity contribution >= 4 is 45.4 Å². The van der Waals surface area contributed by atoms with E-state index in [1.54, 1.807) is 36.8 Å². The molecule has 3 atom stereocenters. The van der Waals surface area contributed by atoms with Gasteiger partial charge in [-0.3, -0.25) is 8.42 Å². The van der Waals surface area contributed by atoms with Gasteiger partial charge in [-0.25, -0.2) is 9.59 Å². The molecule has 2 unspecified atom stereocenters. The van der Waals surface area contributed by atoms with E-state index in [-0.39, 0.29) is 23.5 Å². The van der Waals surface area contributed by atoms with Gasteiger partial charge in [0.2, 0.25) is 0 Å². The van der Waals surface area contributed by atoms with Crippen LogP contribution in [0.4, 0.5) is 4.79 Å². The minimum Gasteiger partial charge on any atom is -0.480 e. The molecule has 1 amide bonds. The summed E-state index contributed by atoms with van der Waals surface area (Å²) in [5.74, 6) is -1.25. The molecule has 4 aromatic carbocycles. The van der Waals surface area contributed by atoms with Gasteiger partial charge in [0, 0.05) is 55.6 Å². The Hall–Kier alpha value is -3.73. The number of carboxylic acids is 1. The lowest BCUT2D eigenvalue weighted by atomic mass is 9.98. The second kappa shape index (κ2) is 13.7. The van der Waals surface area contributed by atoms with Gasteiger partial charge in [0.1, 0.15) is 12.6 Å². The predicted octanol–water partition coefficient (Wildman–Crippen LogP) is 5.98. The molecule has 0 fully saturated rings. The van der Waals surface area contributed by atoms with Gasteiger partial charge in [-0.2, -0.15) is 0 Å². The van der Waals surface area contributed by atoms with Crippen molar-refractivity contribution in [3.8, 4) is 11.1 Å². The van der Waals surface area contributed by atoms with E-state index in [1.165, 1.54) is 11.8 Å². The average Bonchev–Trinajstić information content (AvgIpc) is 3.33. The molecule has 0 radical (unpaired) electrons. The zero-order valence-corrected chi connectivity index (χ0v) is 26.0. The molecule has 2 N–H and O–H groups in total. The maximum atomic E-state index is 12.9. The van der Waals surface area contributed by atoms with Crippen LogP contribution in [0.1, 0.15) is 33.4 Å². The van der Waals surface area contributed by atoms with Gasteiger partial charge in [0.05, 0.1) is 5.25 Å². The van der Waals surface area contributed by atoms with Crippen molar-refractivity contribution in [2.75, 3.05) is 24.9 Å². The summed E-state index contributed by atoms with van der Waals surface area (Å²) in [6.07, 6.45) is 2.42. The summed E-state index contributed by atoms with van der Waals surface area (Å²) in [6, 6.07) is 29.4. The van der Waals surface area contributed by atoms with Crippen molar-refractivity contribution in [2.24, 2.45) is 0 Å². The highest BCUT2D eigenvalue weighted by atomic mass is 32.2. The first-order valence-electron chi connectivity index (χ1n) is 13.6. The van der Waals surface area contributed by atoms with Gasteiger partial charge in [0.25, 0.3) is 0 Å². The smallest absolute Gasteiger partial charge is 0.407 e. The topological polar surface area (TPSA) is 110 Å². The number of benzene rings is 4. The minimum atomic E-state index is -1.20. The summed E-state index contributed by atoms with van der Waals surface area (Å²) in [5, 5.41) is 12.2. The van der Waals surface area contributed by atoms with Crippen molar-refractivity contribution in [1.29, 1.82) is 0 Å². The third-order valence-corrected chi connectivity index (χ3v) is 10.7. The first-order chi connectivity index (χ1) is 20.7. The molecule has 0 aliphatic heterocycles. The summed E-state index contributed by atoms with van der Waals surface area (Å²) >= 11 is 1.36. The average molecular weight is 634 g/mol. The second-order valence-corrected chi connectivity index (χ2v) is 14.0. The zero-order valence-electron chi connectivity index (χ0n) is 23.6. The lowest BCUT2D eigenvalue weighted by Crippen LogP contribution is -2.43. The monoisotopic (exact) mass is 633 g/mol. The van der Waals surface area contributed by atoms with Crippen LogP contribution in [-0.2, 0) is 31.1 Å². The van der Waals surface area contributed by atoms with Crippen molar-refractivity contribution in [1.82, 2.24) is 5.32 Å². The third-order valence-electron chi connectivity index (χ3n) is 7.39. The number of alkyl carbamates (subject to hydrolysis) is 1. The van der Waals surface area contributed by atoms with E-state index >= 15 is 0 Å². The lowest BCUT2D eigenvalue weighted by molar-refractivity contribution is -0.138. The molecule has 1 aliphatic carbocycles. The number of nitrogens with one attached hydrogen (secondary N) is 1. The molecule has 7 nitrogen and oxygen atoms in total. The Labute approximate surface area is 260 Å². The largest absolute Gasteiger partial charge is 0.480 e. The molecule has 0 spiro atoms. The Kier molecular flexibility index (Phi) is 9.79. The highest BCUT2D eigenvalue weighted by Crippen LogP contribution is 2.44. The Morgan fingerprint density at radius 3 is 1.70 bits per heavy atom. The minimum absolute atomic E-state index is 0.0626. The molecule has 10 heteroatoms. The number of thioether (sulfide) groups is 1. The van der Waals surface area contributed by atoms with Crippen LogP contribution < -0.4 is 5.32 Å². The first-order valence-corrected chi connectivity index (χ1v) is 17.7. The number of ether oxygens (including phenoxy) is 1. The van der Waals surface area contributed by atoms with Gasteiger partial charge in [0.15, 0.2) is 0 Å². The number of aliphatic carboxylic acids is 1. The van der Waals surface area contributed by atoms with Crippen LogP contribution in [0.25, 0.3) is 11.1 Å². The molecule has 5 rings (SSSR count). The third kappa shape index (κ3) is 7.09. The van der Waals surface area contributed by atoms with Crippen molar-refractivity contribution in [3.63, 3.8) is 0 Å². The number of hydrogen-bond donors (Lipinski definition) is 2. The van der Waals surface area contributed by atoms with Crippen LogP contribution in [0.15, 0.2) is 107 Å². The molecule has 43 heavy (non-hydrogen) atoms. The molecule has 0 saturated carbocycles. The highest BCUT2D eigenvalue weighted by Gasteiger charge is 2.30. The first kappa shape index (κ1) is 30.7. The lowest BCUT2D eigenvalue weighted by Gasteiger charge is -2.22. The Morgan fingerprint density at radius 2 is 1.26 bits per heavy atom. The Morgan fingerprint density at radius 1 is 0.791 bits per heavy atom. The fraction of sp³-hybridized carbons (Fsp3) is 0.212. The maximum absolute atomic E-state index is 12.9. The number of carbonyl (C=O) groups is 2. The number of carbonyl (C=O) groups excluding carboxylic acids is 1. The summed E-state index contributed by atoms with van der Waals surface area (Å²) in [4.78, 5) is 26.4. The number of carboxylic acid groups (broad SMARTS) is 1. The molecule has 222 valence electrons. The van der Waals surface area contributed by atoms with E-state index in [0.29, 0.717) is 9.79 Å². The van der Waals surface area contributed by atoms with Gasteiger partial charge in [-0.15, -0.1) is 11.8 Å². The Bertz CT molecular complexity index is 1570. The summed E-state index contributed by atoms with van der Waals surface area (Å²) < 4.78 is 29.4. The maximum Gasteiger partial charge on any atom is 0.407 e. The van der Waals surface area contributed by atoms with E-state index < -0.39 is 39.7 Å². The van der Waals surface area contributed by atoms with Gasteiger partial charge >= 0.3 is 12.1 Å². The molecular weight excluding hydrogens is 603 g/mol. The number of amides is 1. The summed E-state index contributed by atoms with van der Waals surface area (Å²) in [6.45, 7) is 0.0816. The molecule has 0 heterocycles. The van der Waals surface area contributed by atoms with Gasteiger partial charge in [-0.1, -0.05) is 72.8 Å². The van der Waals surface area contributed by atoms with Crippen LogP contribution in [0.5, 0.6) is 0 Å². The van der Waals surface area contributed by atoms with Gasteiger partial charge < -0.3 is 15.2 Å². The molecule has 0 bridgehead atoms. The molecule has 0 aromatic heterocycles. The highest BCUT2D eigenvalue weighted by molar-refractivity contribution is 7.99. The quantitative estimate of drug-likeness (QED) is 0.209. The fourth-order valence-corrected chi connectivity index (χ4v) is 7.55. The van der Waals surface area contributed by atoms with E-state index in [2.05, 4.69) is 5.32 Å². The molecule has 4 aromatic rings. The Balaban J connectivity index is 1.28. The van der Waals surface area contributed by atoms with E-state index in [0.717, 1.165) is 33.4 Å². The van der Waals surface area contributed by atoms with Crippen molar-refractivity contribution in [3.05, 3.63) is 119 Å². The van der Waals surface area contributed by atoms with Crippen LogP contribution >= 0.6 is 11.8 Å². The summed E-state index contributed by atoms with van der Waals surface area (Å²) in [5.41, 5.74) is 6.12. The van der Waals surface area contributed by atoms with Crippen LogP contribution in [-0.4, -0.2) is 56.5 Å². The number of hydrogen-bond acceptors (Lipinski definition) is 6.